The van der Waals surface area contributed by atoms with Crippen molar-refractivity contribution in [1.82, 2.24) is 0 Å². The monoisotopic (exact) mass is 274 g/mol. The summed E-state index contributed by atoms with van der Waals surface area (Å²) in [5.41, 5.74) is 0.225. The van der Waals surface area contributed by atoms with Gasteiger partial charge >= 0.3 is 0 Å². The van der Waals surface area contributed by atoms with E-state index in [0.717, 1.165) is 6.07 Å². The lowest BCUT2D eigenvalue weighted by Crippen LogP contribution is -1.90. The molecule has 0 radical (unpaired) electrons. The van der Waals surface area contributed by atoms with E-state index in [2.05, 4.69) is 0 Å². The molecule has 0 heterocycles. The molecule has 0 aromatic heterocycles. The van der Waals surface area contributed by atoms with Crippen LogP contribution < -0.4 is 0 Å². The molecule has 0 bridgehead atoms. The number of hydrogen-bond donors (Lipinski definition) is 1. The molecule has 0 aliphatic carbocycles. The molecule has 88 valence electrons. The average molecular weight is 275 g/mol. The van der Waals surface area contributed by atoms with Gasteiger partial charge in [-0.15, -0.1) is 0 Å². The van der Waals surface area contributed by atoms with Crippen molar-refractivity contribution in [1.29, 1.82) is 0 Å². The Kier molecular flexibility index (Phi) is 3.22. The van der Waals surface area contributed by atoms with Crippen molar-refractivity contribution in [3.05, 3.63) is 52.0 Å². The van der Waals surface area contributed by atoms with Gasteiger partial charge in [-0.3, -0.25) is 0 Å². The van der Waals surface area contributed by atoms with Crippen molar-refractivity contribution < 1.29 is 13.9 Å². The van der Waals surface area contributed by atoms with Gasteiger partial charge in [0.1, 0.15) is 5.75 Å². The molecule has 2 aromatic carbocycles. The van der Waals surface area contributed by atoms with Crippen LogP contribution in [-0.2, 0) is 0 Å². The van der Waals surface area contributed by atoms with Crippen molar-refractivity contribution in [2.75, 3.05) is 0 Å². The van der Waals surface area contributed by atoms with Crippen LogP contribution in [0, 0.1) is 11.6 Å². The van der Waals surface area contributed by atoms with Crippen LogP contribution in [0.4, 0.5) is 8.78 Å². The number of benzene rings is 2. The van der Waals surface area contributed by atoms with Crippen LogP contribution in [0.3, 0.4) is 0 Å². The Morgan fingerprint density at radius 3 is 2.35 bits per heavy atom. The molecular formula is C12H6Cl2F2O. The summed E-state index contributed by atoms with van der Waals surface area (Å²) in [5.74, 6) is -2.18. The number of phenols is 1. The van der Waals surface area contributed by atoms with E-state index in [1.54, 1.807) is 0 Å². The summed E-state index contributed by atoms with van der Waals surface area (Å²) < 4.78 is 26.6. The lowest BCUT2D eigenvalue weighted by molar-refractivity contribution is 0.475. The summed E-state index contributed by atoms with van der Waals surface area (Å²) in [5, 5.41) is 9.43. The summed E-state index contributed by atoms with van der Waals surface area (Å²) >= 11 is 11.6. The van der Waals surface area contributed by atoms with Crippen LogP contribution in [-0.4, -0.2) is 5.11 Å². The third-order valence-corrected chi connectivity index (χ3v) is 2.89. The zero-order valence-electron chi connectivity index (χ0n) is 8.35. The number of halogens is 4. The highest BCUT2D eigenvalue weighted by Gasteiger charge is 2.14. The molecule has 1 N–H and O–H groups in total. The average Bonchev–Trinajstić information content (AvgIpc) is 2.28. The van der Waals surface area contributed by atoms with Gasteiger partial charge in [0.05, 0.1) is 10.0 Å². The third kappa shape index (κ3) is 2.21. The third-order valence-electron chi connectivity index (χ3n) is 2.28. The van der Waals surface area contributed by atoms with Crippen LogP contribution >= 0.6 is 23.2 Å². The molecule has 0 aliphatic heterocycles. The van der Waals surface area contributed by atoms with E-state index >= 15 is 0 Å². The first kappa shape index (κ1) is 12.1. The molecule has 0 saturated carbocycles. The maximum absolute atomic E-state index is 13.6. The maximum atomic E-state index is 13.6. The molecule has 1 nitrogen and oxygen atoms in total. The Labute approximate surface area is 106 Å². The van der Waals surface area contributed by atoms with Crippen molar-refractivity contribution in [2.24, 2.45) is 0 Å². The maximum Gasteiger partial charge on any atom is 0.166 e. The van der Waals surface area contributed by atoms with Gasteiger partial charge in [0, 0.05) is 17.2 Å². The van der Waals surface area contributed by atoms with E-state index in [0.29, 0.717) is 0 Å². The Bertz CT molecular complexity index is 585. The smallest absolute Gasteiger partial charge is 0.166 e. The SMILES string of the molecule is Oc1cc(Cl)c(-c2cccc(F)c2F)cc1Cl. The first-order valence-corrected chi connectivity index (χ1v) is 5.38. The first-order chi connectivity index (χ1) is 8.00. The van der Waals surface area contributed by atoms with Crippen molar-refractivity contribution >= 4 is 23.2 Å². The Hall–Kier alpha value is -1.32. The predicted molar refractivity (Wildman–Crippen MR) is 63.5 cm³/mol. The normalized spacial score (nSPS) is 10.6. The largest absolute Gasteiger partial charge is 0.506 e. The van der Waals surface area contributed by atoms with Gasteiger partial charge in [0.2, 0.25) is 0 Å². The molecule has 0 spiro atoms. The Balaban J connectivity index is 2.69. The molecule has 0 unspecified atom stereocenters. The van der Waals surface area contributed by atoms with Gasteiger partial charge in [-0.1, -0.05) is 35.3 Å². The zero-order valence-corrected chi connectivity index (χ0v) is 9.86. The van der Waals surface area contributed by atoms with Gasteiger partial charge in [0.25, 0.3) is 0 Å². The van der Waals surface area contributed by atoms with Gasteiger partial charge in [-0.25, -0.2) is 8.78 Å². The van der Waals surface area contributed by atoms with Crippen LogP contribution in [0.15, 0.2) is 30.3 Å². The highest BCUT2D eigenvalue weighted by atomic mass is 35.5. The van der Waals surface area contributed by atoms with E-state index < -0.39 is 11.6 Å². The van der Waals surface area contributed by atoms with Crippen LogP contribution in [0.1, 0.15) is 0 Å². The topological polar surface area (TPSA) is 20.2 Å². The molecule has 17 heavy (non-hydrogen) atoms. The van der Waals surface area contributed by atoms with Crippen molar-refractivity contribution in [3.63, 3.8) is 0 Å². The van der Waals surface area contributed by atoms with Gasteiger partial charge in [-0.2, -0.15) is 0 Å². The minimum atomic E-state index is -1.00. The fraction of sp³-hybridized carbons (Fsp3) is 0. The van der Waals surface area contributed by atoms with Gasteiger partial charge in [-0.05, 0) is 12.1 Å². The lowest BCUT2D eigenvalue weighted by atomic mass is 10.0. The molecule has 2 rings (SSSR count). The Morgan fingerprint density at radius 2 is 1.65 bits per heavy atom. The highest BCUT2D eigenvalue weighted by molar-refractivity contribution is 6.36. The van der Waals surface area contributed by atoms with Gasteiger partial charge in [0.15, 0.2) is 11.6 Å². The number of hydrogen-bond acceptors (Lipinski definition) is 1. The summed E-state index contributed by atoms with van der Waals surface area (Å²) in [6.45, 7) is 0. The minimum absolute atomic E-state index is 0.00287. The second-order valence-electron chi connectivity index (χ2n) is 3.38. The number of phenolic OH excluding ortho intramolecular Hbond substituents is 1. The predicted octanol–water partition coefficient (Wildman–Crippen LogP) is 4.64. The minimum Gasteiger partial charge on any atom is -0.506 e. The number of rotatable bonds is 1. The fourth-order valence-electron chi connectivity index (χ4n) is 1.45. The summed E-state index contributed by atoms with van der Waals surface area (Å²) in [6, 6.07) is 6.23. The molecule has 2 aromatic rings. The molecule has 0 aliphatic rings. The standard InChI is InChI=1S/C12H6Cl2F2O/c13-8-5-11(17)9(14)4-7(8)6-2-1-3-10(15)12(6)16/h1-5,17H. The molecule has 0 atom stereocenters. The molecule has 0 saturated heterocycles. The van der Waals surface area contributed by atoms with E-state index in [-0.39, 0.29) is 26.9 Å². The second-order valence-corrected chi connectivity index (χ2v) is 4.20. The zero-order chi connectivity index (χ0) is 12.6. The van der Waals surface area contributed by atoms with Crippen LogP contribution in [0.5, 0.6) is 5.75 Å². The fourth-order valence-corrected chi connectivity index (χ4v) is 1.88. The van der Waals surface area contributed by atoms with Gasteiger partial charge < -0.3 is 5.11 Å². The van der Waals surface area contributed by atoms with E-state index in [4.69, 9.17) is 23.2 Å². The highest BCUT2D eigenvalue weighted by Crippen LogP contribution is 2.37. The first-order valence-electron chi connectivity index (χ1n) is 4.63. The van der Waals surface area contributed by atoms with Crippen molar-refractivity contribution in [3.8, 4) is 16.9 Å². The second kappa shape index (κ2) is 4.51. The van der Waals surface area contributed by atoms with Crippen molar-refractivity contribution in [2.45, 2.75) is 0 Å². The quantitative estimate of drug-likeness (QED) is 0.803. The van der Waals surface area contributed by atoms with E-state index in [1.165, 1.54) is 24.3 Å². The lowest BCUT2D eigenvalue weighted by Gasteiger charge is -2.08. The van der Waals surface area contributed by atoms with E-state index in [1.807, 2.05) is 0 Å². The summed E-state index contributed by atoms with van der Waals surface area (Å²) in [7, 11) is 0. The summed E-state index contributed by atoms with van der Waals surface area (Å²) in [6.07, 6.45) is 0. The molecular weight excluding hydrogens is 269 g/mol. The molecule has 5 heteroatoms. The molecule has 0 amide bonds. The molecule has 0 fully saturated rings. The number of aromatic hydroxyl groups is 1. The van der Waals surface area contributed by atoms with E-state index in [9.17, 15) is 13.9 Å². The summed E-state index contributed by atoms with van der Waals surface area (Å²) in [4.78, 5) is 0. The van der Waals surface area contributed by atoms with Crippen LogP contribution in [0.25, 0.3) is 11.1 Å². The van der Waals surface area contributed by atoms with Crippen LogP contribution in [0.2, 0.25) is 10.0 Å². The Morgan fingerprint density at radius 1 is 0.941 bits per heavy atom.